The van der Waals surface area contributed by atoms with Gasteiger partial charge in [0.05, 0.1) is 13.2 Å². The first-order valence-corrected chi connectivity index (χ1v) is 6.40. The summed E-state index contributed by atoms with van der Waals surface area (Å²) in [6.45, 7) is 2.14. The van der Waals surface area contributed by atoms with Gasteiger partial charge in [0.15, 0.2) is 0 Å². The van der Waals surface area contributed by atoms with E-state index in [0.717, 1.165) is 17.8 Å². The SMILES string of the molecule is COCCNCc1c(Cl)cccc1N(C)CC(N)=O. The molecule has 0 bridgehead atoms. The number of hydrogen-bond acceptors (Lipinski definition) is 4. The van der Waals surface area contributed by atoms with Gasteiger partial charge in [0.2, 0.25) is 5.91 Å². The van der Waals surface area contributed by atoms with Crippen molar-refractivity contribution in [1.29, 1.82) is 0 Å². The molecule has 19 heavy (non-hydrogen) atoms. The van der Waals surface area contributed by atoms with Crippen molar-refractivity contribution < 1.29 is 9.53 Å². The number of methoxy groups -OCH3 is 1. The molecule has 106 valence electrons. The molecule has 1 aromatic carbocycles. The molecule has 0 atom stereocenters. The molecule has 0 unspecified atom stereocenters. The highest BCUT2D eigenvalue weighted by Crippen LogP contribution is 2.26. The minimum atomic E-state index is -0.374. The number of halogens is 1. The summed E-state index contributed by atoms with van der Waals surface area (Å²) in [4.78, 5) is 12.8. The number of amides is 1. The molecule has 1 rings (SSSR count). The molecule has 3 N–H and O–H groups in total. The molecule has 0 saturated heterocycles. The number of primary amides is 1. The summed E-state index contributed by atoms with van der Waals surface area (Å²) in [5.74, 6) is -0.374. The van der Waals surface area contributed by atoms with Gasteiger partial charge in [-0.15, -0.1) is 0 Å². The van der Waals surface area contributed by atoms with Gasteiger partial charge in [-0.1, -0.05) is 17.7 Å². The lowest BCUT2D eigenvalue weighted by molar-refractivity contribution is -0.116. The summed E-state index contributed by atoms with van der Waals surface area (Å²) in [6.07, 6.45) is 0. The molecule has 1 aromatic rings. The van der Waals surface area contributed by atoms with Gasteiger partial charge in [-0.25, -0.2) is 0 Å². The zero-order valence-corrected chi connectivity index (χ0v) is 12.0. The van der Waals surface area contributed by atoms with Gasteiger partial charge < -0.3 is 20.7 Å². The third kappa shape index (κ3) is 5.06. The smallest absolute Gasteiger partial charge is 0.236 e. The zero-order chi connectivity index (χ0) is 14.3. The molecule has 5 nitrogen and oxygen atoms in total. The van der Waals surface area contributed by atoms with E-state index in [4.69, 9.17) is 22.1 Å². The highest BCUT2D eigenvalue weighted by atomic mass is 35.5. The van der Waals surface area contributed by atoms with Crippen molar-refractivity contribution in [1.82, 2.24) is 5.32 Å². The number of rotatable bonds is 8. The zero-order valence-electron chi connectivity index (χ0n) is 11.3. The lowest BCUT2D eigenvalue weighted by Gasteiger charge is -2.22. The summed E-state index contributed by atoms with van der Waals surface area (Å²) in [6, 6.07) is 5.60. The van der Waals surface area contributed by atoms with Crippen molar-refractivity contribution in [2.24, 2.45) is 5.73 Å². The highest BCUT2D eigenvalue weighted by molar-refractivity contribution is 6.31. The number of carbonyl (C=O) groups excluding carboxylic acids is 1. The molecule has 0 fully saturated rings. The lowest BCUT2D eigenvalue weighted by atomic mass is 10.1. The number of likely N-dealkylation sites (N-methyl/N-ethyl adjacent to an activating group) is 1. The standard InChI is InChI=1S/C13H20ClN3O2/c1-17(9-13(15)18)12-5-3-4-11(14)10(12)8-16-6-7-19-2/h3-5,16H,6-9H2,1-2H3,(H2,15,18). The molecule has 0 aliphatic rings. The molecule has 0 aliphatic heterocycles. The molecule has 0 aromatic heterocycles. The molecule has 0 spiro atoms. The van der Waals surface area contributed by atoms with E-state index in [2.05, 4.69) is 5.32 Å². The molecule has 0 heterocycles. The summed E-state index contributed by atoms with van der Waals surface area (Å²) >= 11 is 6.21. The molecular weight excluding hydrogens is 266 g/mol. The Kier molecular flexibility index (Phi) is 6.62. The Labute approximate surface area is 118 Å². The van der Waals surface area contributed by atoms with Crippen LogP contribution in [0.3, 0.4) is 0 Å². The monoisotopic (exact) mass is 285 g/mol. The predicted octanol–water partition coefficient (Wildman–Crippen LogP) is 0.997. The molecule has 6 heteroatoms. The topological polar surface area (TPSA) is 67.6 Å². The Hall–Kier alpha value is -1.30. The first-order valence-electron chi connectivity index (χ1n) is 6.02. The number of nitrogens with two attached hydrogens (primary N) is 1. The Morgan fingerprint density at radius 3 is 2.89 bits per heavy atom. The van der Waals surface area contributed by atoms with Crippen LogP contribution >= 0.6 is 11.6 Å². The number of carbonyl (C=O) groups is 1. The van der Waals surface area contributed by atoms with Gasteiger partial charge in [0.25, 0.3) is 0 Å². The minimum absolute atomic E-state index is 0.158. The number of benzene rings is 1. The van der Waals surface area contributed by atoms with E-state index < -0.39 is 0 Å². The van der Waals surface area contributed by atoms with E-state index in [1.807, 2.05) is 25.2 Å². The second-order valence-electron chi connectivity index (χ2n) is 4.23. The summed E-state index contributed by atoms with van der Waals surface area (Å²) in [5.41, 5.74) is 7.06. The quantitative estimate of drug-likeness (QED) is 0.699. The Morgan fingerprint density at radius 2 is 2.26 bits per heavy atom. The second-order valence-corrected chi connectivity index (χ2v) is 4.64. The number of ether oxygens (including phenoxy) is 1. The van der Waals surface area contributed by atoms with E-state index in [1.54, 1.807) is 12.0 Å². The van der Waals surface area contributed by atoms with Crippen LogP contribution in [0.15, 0.2) is 18.2 Å². The first-order chi connectivity index (χ1) is 9.06. The molecule has 1 amide bonds. The van der Waals surface area contributed by atoms with Crippen LogP contribution in [0.25, 0.3) is 0 Å². The highest BCUT2D eigenvalue weighted by Gasteiger charge is 2.12. The van der Waals surface area contributed by atoms with Crippen molar-refractivity contribution in [2.45, 2.75) is 6.54 Å². The molecular formula is C13H20ClN3O2. The minimum Gasteiger partial charge on any atom is -0.383 e. The lowest BCUT2D eigenvalue weighted by Crippen LogP contribution is -2.31. The van der Waals surface area contributed by atoms with Crippen LogP contribution in [-0.4, -0.2) is 39.8 Å². The number of nitrogens with one attached hydrogen (secondary N) is 1. The maximum absolute atomic E-state index is 11.0. The number of hydrogen-bond donors (Lipinski definition) is 2. The van der Waals surface area contributed by atoms with E-state index in [9.17, 15) is 4.79 Å². The Bertz CT molecular complexity index is 426. The average molecular weight is 286 g/mol. The van der Waals surface area contributed by atoms with Crippen LogP contribution in [0.4, 0.5) is 5.69 Å². The van der Waals surface area contributed by atoms with Crippen LogP contribution in [-0.2, 0) is 16.1 Å². The van der Waals surface area contributed by atoms with Gasteiger partial charge in [0, 0.05) is 43.5 Å². The van der Waals surface area contributed by atoms with E-state index in [1.165, 1.54) is 0 Å². The maximum atomic E-state index is 11.0. The van der Waals surface area contributed by atoms with Crippen LogP contribution in [0.2, 0.25) is 5.02 Å². The van der Waals surface area contributed by atoms with Gasteiger partial charge in [-0.3, -0.25) is 4.79 Å². The van der Waals surface area contributed by atoms with Gasteiger partial charge in [0.1, 0.15) is 0 Å². The summed E-state index contributed by atoms with van der Waals surface area (Å²) in [5, 5.41) is 3.91. The van der Waals surface area contributed by atoms with E-state index >= 15 is 0 Å². The van der Waals surface area contributed by atoms with Crippen LogP contribution in [0, 0.1) is 0 Å². The van der Waals surface area contributed by atoms with Crippen LogP contribution in [0.5, 0.6) is 0 Å². The molecule has 0 radical (unpaired) electrons. The van der Waals surface area contributed by atoms with Gasteiger partial charge in [-0.05, 0) is 12.1 Å². The molecule has 0 aliphatic carbocycles. The average Bonchev–Trinajstić information content (AvgIpc) is 2.35. The second kappa shape index (κ2) is 7.99. The van der Waals surface area contributed by atoms with Gasteiger partial charge >= 0.3 is 0 Å². The van der Waals surface area contributed by atoms with Crippen LogP contribution < -0.4 is 16.0 Å². The first kappa shape index (κ1) is 15.8. The largest absolute Gasteiger partial charge is 0.383 e. The fourth-order valence-electron chi connectivity index (χ4n) is 1.79. The number of nitrogens with zero attached hydrogens (tertiary/aromatic N) is 1. The third-order valence-corrected chi connectivity index (χ3v) is 3.04. The third-order valence-electron chi connectivity index (χ3n) is 2.68. The maximum Gasteiger partial charge on any atom is 0.236 e. The summed E-state index contributed by atoms with van der Waals surface area (Å²) in [7, 11) is 3.47. The summed E-state index contributed by atoms with van der Waals surface area (Å²) < 4.78 is 4.97. The van der Waals surface area contributed by atoms with Crippen molar-refractivity contribution in [3.8, 4) is 0 Å². The fourth-order valence-corrected chi connectivity index (χ4v) is 2.02. The Balaban J connectivity index is 2.79. The Morgan fingerprint density at radius 1 is 1.53 bits per heavy atom. The number of anilines is 1. The van der Waals surface area contributed by atoms with Crippen molar-refractivity contribution in [3.63, 3.8) is 0 Å². The van der Waals surface area contributed by atoms with Gasteiger partial charge in [-0.2, -0.15) is 0 Å². The van der Waals surface area contributed by atoms with E-state index in [0.29, 0.717) is 18.2 Å². The van der Waals surface area contributed by atoms with Crippen molar-refractivity contribution >= 4 is 23.2 Å². The van der Waals surface area contributed by atoms with Crippen molar-refractivity contribution in [3.05, 3.63) is 28.8 Å². The van der Waals surface area contributed by atoms with Crippen molar-refractivity contribution in [2.75, 3.05) is 38.8 Å². The normalized spacial score (nSPS) is 10.5. The van der Waals surface area contributed by atoms with E-state index in [-0.39, 0.29) is 12.5 Å². The fraction of sp³-hybridized carbons (Fsp3) is 0.462. The van der Waals surface area contributed by atoms with Crippen LogP contribution in [0.1, 0.15) is 5.56 Å². The molecule has 0 saturated carbocycles. The predicted molar refractivity (Wildman–Crippen MR) is 77.5 cm³/mol.